The van der Waals surface area contributed by atoms with Crippen LogP contribution in [0.1, 0.15) is 24.2 Å². The van der Waals surface area contributed by atoms with Gasteiger partial charge < -0.3 is 10.1 Å². The fourth-order valence-corrected chi connectivity index (χ4v) is 2.09. The molecule has 0 fully saturated rings. The van der Waals surface area contributed by atoms with Crippen LogP contribution in [0.15, 0.2) is 53.0 Å². The van der Waals surface area contributed by atoms with E-state index in [-0.39, 0.29) is 11.7 Å². The highest BCUT2D eigenvalue weighted by Gasteiger charge is 2.15. The molecule has 2 aromatic rings. The van der Waals surface area contributed by atoms with E-state index >= 15 is 0 Å². The molecule has 0 saturated heterocycles. The van der Waals surface area contributed by atoms with Gasteiger partial charge in [0.15, 0.2) is 11.9 Å². The lowest BCUT2D eigenvalue weighted by molar-refractivity contribution is -0.122. The Balaban J connectivity index is 2.00. The molecule has 0 spiro atoms. The third-order valence-electron chi connectivity index (χ3n) is 3.03. The molecule has 114 valence electrons. The lowest BCUT2D eigenvalue weighted by atomic mass is 10.1. The van der Waals surface area contributed by atoms with Crippen molar-refractivity contribution in [3.05, 3.63) is 58.6 Å². The van der Waals surface area contributed by atoms with Crippen LogP contribution in [-0.4, -0.2) is 17.8 Å². The number of hydrogen-bond acceptors (Lipinski definition) is 3. The lowest BCUT2D eigenvalue weighted by Gasteiger charge is -2.15. The van der Waals surface area contributed by atoms with Crippen molar-refractivity contribution in [2.75, 3.05) is 5.32 Å². The van der Waals surface area contributed by atoms with Gasteiger partial charge in [0.2, 0.25) is 0 Å². The summed E-state index contributed by atoms with van der Waals surface area (Å²) >= 11 is 3.34. The standard InChI is InChI=1S/C17H16BrNO3/c1-11(20)13-4-3-5-16(10-13)22-12(2)17(21)19-15-8-6-14(18)7-9-15/h3-10,12H,1-2H3,(H,19,21)/t12-/m1/s1. The highest BCUT2D eigenvalue weighted by Crippen LogP contribution is 2.17. The molecule has 0 bridgehead atoms. The van der Waals surface area contributed by atoms with Gasteiger partial charge in [-0.05, 0) is 50.2 Å². The first-order chi connectivity index (χ1) is 10.5. The molecule has 2 rings (SSSR count). The van der Waals surface area contributed by atoms with Gasteiger partial charge in [0.05, 0.1) is 0 Å². The highest BCUT2D eigenvalue weighted by molar-refractivity contribution is 9.10. The van der Waals surface area contributed by atoms with Crippen molar-refractivity contribution in [1.82, 2.24) is 0 Å². The van der Waals surface area contributed by atoms with Crippen molar-refractivity contribution in [3.8, 4) is 5.75 Å². The van der Waals surface area contributed by atoms with Crippen LogP contribution in [0.5, 0.6) is 5.75 Å². The maximum atomic E-state index is 12.1. The molecule has 0 unspecified atom stereocenters. The average molecular weight is 362 g/mol. The second kappa shape index (κ2) is 7.22. The van der Waals surface area contributed by atoms with Crippen molar-refractivity contribution in [2.45, 2.75) is 20.0 Å². The molecule has 1 atom stereocenters. The van der Waals surface area contributed by atoms with Crippen molar-refractivity contribution >= 4 is 33.3 Å². The number of nitrogens with one attached hydrogen (secondary N) is 1. The topological polar surface area (TPSA) is 55.4 Å². The maximum absolute atomic E-state index is 12.1. The number of Topliss-reactive ketones (excluding diaryl/α,β-unsaturated/α-hetero) is 1. The van der Waals surface area contributed by atoms with Crippen LogP contribution in [0.25, 0.3) is 0 Å². The second-order valence-corrected chi connectivity index (χ2v) is 5.76. The monoisotopic (exact) mass is 361 g/mol. The van der Waals surface area contributed by atoms with Crippen LogP contribution in [0, 0.1) is 0 Å². The molecule has 0 aromatic heterocycles. The number of halogens is 1. The number of ether oxygens (including phenoxy) is 1. The van der Waals surface area contributed by atoms with Crippen LogP contribution in [0.4, 0.5) is 5.69 Å². The van der Waals surface area contributed by atoms with Gasteiger partial charge in [0.1, 0.15) is 5.75 Å². The molecule has 4 nitrogen and oxygen atoms in total. The summed E-state index contributed by atoms with van der Waals surface area (Å²) in [6.07, 6.45) is -0.675. The maximum Gasteiger partial charge on any atom is 0.265 e. The predicted octanol–water partition coefficient (Wildman–Crippen LogP) is 4.06. The normalized spacial score (nSPS) is 11.6. The molecule has 1 amide bonds. The van der Waals surface area contributed by atoms with Gasteiger partial charge in [0.25, 0.3) is 5.91 Å². The predicted molar refractivity (Wildman–Crippen MR) is 89.3 cm³/mol. The van der Waals surface area contributed by atoms with Gasteiger partial charge in [-0.2, -0.15) is 0 Å². The smallest absolute Gasteiger partial charge is 0.265 e. The van der Waals surface area contributed by atoms with Crippen LogP contribution >= 0.6 is 15.9 Å². The largest absolute Gasteiger partial charge is 0.481 e. The Morgan fingerprint density at radius 1 is 1.14 bits per heavy atom. The second-order valence-electron chi connectivity index (χ2n) is 4.84. The molecule has 1 N–H and O–H groups in total. The number of hydrogen-bond donors (Lipinski definition) is 1. The molecule has 0 saturated carbocycles. The summed E-state index contributed by atoms with van der Waals surface area (Å²) in [7, 11) is 0. The van der Waals surface area contributed by atoms with Gasteiger partial charge in [-0.1, -0.05) is 28.1 Å². The molecule has 0 aliphatic carbocycles. The Morgan fingerprint density at radius 3 is 2.45 bits per heavy atom. The van der Waals surface area contributed by atoms with E-state index in [2.05, 4.69) is 21.2 Å². The Morgan fingerprint density at radius 2 is 1.82 bits per heavy atom. The van der Waals surface area contributed by atoms with Crippen molar-refractivity contribution in [1.29, 1.82) is 0 Å². The molecule has 0 heterocycles. The zero-order valence-electron chi connectivity index (χ0n) is 12.3. The summed E-state index contributed by atoms with van der Waals surface area (Å²) in [5, 5.41) is 2.77. The van der Waals surface area contributed by atoms with Gasteiger partial charge in [-0.15, -0.1) is 0 Å². The minimum atomic E-state index is -0.675. The molecule has 0 aliphatic rings. The SMILES string of the molecule is CC(=O)c1cccc(O[C@H](C)C(=O)Nc2ccc(Br)cc2)c1. The van der Waals surface area contributed by atoms with Crippen LogP contribution in [0.2, 0.25) is 0 Å². The summed E-state index contributed by atoms with van der Waals surface area (Å²) in [5.74, 6) is 0.194. The van der Waals surface area contributed by atoms with E-state index in [1.54, 1.807) is 43.3 Å². The van der Waals surface area contributed by atoms with E-state index in [1.807, 2.05) is 12.1 Å². The Labute approximate surface area is 137 Å². The van der Waals surface area contributed by atoms with Gasteiger partial charge in [-0.3, -0.25) is 9.59 Å². The number of benzene rings is 2. The molecule has 0 radical (unpaired) electrons. The van der Waals surface area contributed by atoms with E-state index in [0.29, 0.717) is 17.0 Å². The van der Waals surface area contributed by atoms with Crippen LogP contribution < -0.4 is 10.1 Å². The quantitative estimate of drug-likeness (QED) is 0.817. The van der Waals surface area contributed by atoms with Gasteiger partial charge in [-0.25, -0.2) is 0 Å². The number of rotatable bonds is 5. The average Bonchev–Trinajstić information content (AvgIpc) is 2.49. The van der Waals surface area contributed by atoms with Crippen molar-refractivity contribution in [3.63, 3.8) is 0 Å². The van der Waals surface area contributed by atoms with Crippen LogP contribution in [-0.2, 0) is 4.79 Å². The summed E-state index contributed by atoms with van der Waals surface area (Å²) in [5.41, 5.74) is 1.25. The van der Waals surface area contributed by atoms with E-state index in [4.69, 9.17) is 4.74 Å². The summed E-state index contributed by atoms with van der Waals surface area (Å²) in [6, 6.07) is 14.1. The Bertz CT molecular complexity index is 683. The first-order valence-corrected chi connectivity index (χ1v) is 7.59. The molecular weight excluding hydrogens is 346 g/mol. The fourth-order valence-electron chi connectivity index (χ4n) is 1.82. The van der Waals surface area contributed by atoms with E-state index in [0.717, 1.165) is 4.47 Å². The number of anilines is 1. The Kier molecular flexibility index (Phi) is 5.33. The molecule has 5 heteroatoms. The third-order valence-corrected chi connectivity index (χ3v) is 3.56. The number of ketones is 1. The van der Waals surface area contributed by atoms with Crippen molar-refractivity contribution in [2.24, 2.45) is 0 Å². The van der Waals surface area contributed by atoms with E-state index in [9.17, 15) is 9.59 Å². The summed E-state index contributed by atoms with van der Waals surface area (Å²) in [6.45, 7) is 3.15. The minimum Gasteiger partial charge on any atom is -0.481 e. The zero-order chi connectivity index (χ0) is 16.1. The number of carbonyl (C=O) groups is 2. The van der Waals surface area contributed by atoms with Gasteiger partial charge >= 0.3 is 0 Å². The molecule has 0 aliphatic heterocycles. The number of carbonyl (C=O) groups excluding carboxylic acids is 2. The highest BCUT2D eigenvalue weighted by atomic mass is 79.9. The lowest BCUT2D eigenvalue weighted by Crippen LogP contribution is -2.30. The van der Waals surface area contributed by atoms with Crippen molar-refractivity contribution < 1.29 is 14.3 Å². The molecule has 22 heavy (non-hydrogen) atoms. The first kappa shape index (κ1) is 16.2. The zero-order valence-corrected chi connectivity index (χ0v) is 13.9. The van der Waals surface area contributed by atoms with Crippen LogP contribution in [0.3, 0.4) is 0 Å². The summed E-state index contributed by atoms with van der Waals surface area (Å²) < 4.78 is 6.53. The van der Waals surface area contributed by atoms with E-state index in [1.165, 1.54) is 6.92 Å². The third kappa shape index (κ3) is 4.43. The molecule has 2 aromatic carbocycles. The number of amides is 1. The Hall–Kier alpha value is -2.14. The van der Waals surface area contributed by atoms with E-state index < -0.39 is 6.10 Å². The fraction of sp³-hybridized carbons (Fsp3) is 0.176. The van der Waals surface area contributed by atoms with Gasteiger partial charge in [0, 0.05) is 15.7 Å². The molecular formula is C17H16BrNO3. The summed E-state index contributed by atoms with van der Waals surface area (Å²) in [4.78, 5) is 23.5. The minimum absolute atomic E-state index is 0.0441. The first-order valence-electron chi connectivity index (χ1n) is 6.80.